The lowest BCUT2D eigenvalue weighted by molar-refractivity contribution is -0.136. The van der Waals surface area contributed by atoms with Crippen molar-refractivity contribution < 1.29 is 28.7 Å². The molecule has 5 aliphatic rings. The largest absolute Gasteiger partial charge is 0.490 e. The fourth-order valence-electron chi connectivity index (χ4n) is 8.37. The van der Waals surface area contributed by atoms with Crippen molar-refractivity contribution in [1.29, 1.82) is 5.26 Å². The van der Waals surface area contributed by atoms with Crippen LogP contribution in [0.25, 0.3) is 0 Å². The maximum atomic E-state index is 13.2. The molecule has 14 nitrogen and oxygen atoms in total. The van der Waals surface area contributed by atoms with Crippen molar-refractivity contribution in [2.24, 2.45) is 5.92 Å². The van der Waals surface area contributed by atoms with Crippen LogP contribution in [0.5, 0.6) is 11.5 Å². The van der Waals surface area contributed by atoms with E-state index < -0.39 is 11.9 Å². The molecule has 1 unspecified atom stereocenters. The van der Waals surface area contributed by atoms with Gasteiger partial charge in [-0.25, -0.2) is 9.97 Å². The molecule has 2 aliphatic carbocycles. The van der Waals surface area contributed by atoms with Crippen LogP contribution in [0.15, 0.2) is 48.8 Å². The van der Waals surface area contributed by atoms with Gasteiger partial charge in [0, 0.05) is 49.8 Å². The Morgan fingerprint density at radius 2 is 1.66 bits per heavy atom. The SMILES string of the molecule is N#Cc1ccc(O[C@H]2CC[C@H](NC(=O)c3cnc(N4CCC(CN[C@H]5C[C@H](Oc6ccc7c(c6)C(=O)N(C6CCC(=O)NC6=O)C7)C5)CC4)cn3)CC2)cc1Cl. The Hall–Kier alpha value is -5.26. The number of nitrogens with one attached hydrogen (secondary N) is 3. The average Bonchev–Trinajstić information content (AvgIpc) is 3.51. The number of halogens is 1. The van der Waals surface area contributed by atoms with Crippen LogP contribution >= 0.6 is 11.6 Å². The second kappa shape index (κ2) is 16.5. The zero-order valence-corrected chi connectivity index (χ0v) is 31.8. The lowest BCUT2D eigenvalue weighted by Gasteiger charge is -2.38. The number of imide groups is 1. The minimum absolute atomic E-state index is 0.0260. The van der Waals surface area contributed by atoms with Crippen molar-refractivity contribution in [2.75, 3.05) is 24.5 Å². The van der Waals surface area contributed by atoms with Gasteiger partial charge in [-0.3, -0.25) is 24.5 Å². The summed E-state index contributed by atoms with van der Waals surface area (Å²) in [5.41, 5.74) is 2.15. The molecule has 292 valence electrons. The molecule has 56 heavy (non-hydrogen) atoms. The van der Waals surface area contributed by atoms with Crippen LogP contribution < -0.4 is 30.3 Å². The summed E-state index contributed by atoms with van der Waals surface area (Å²) in [6, 6.07) is 12.5. The number of carbonyl (C=O) groups excluding carboxylic acids is 4. The van der Waals surface area contributed by atoms with Crippen LogP contribution in [0.3, 0.4) is 0 Å². The van der Waals surface area contributed by atoms with E-state index in [1.165, 1.54) is 0 Å². The highest BCUT2D eigenvalue weighted by Gasteiger charge is 2.40. The Morgan fingerprint density at radius 3 is 2.38 bits per heavy atom. The van der Waals surface area contributed by atoms with Gasteiger partial charge in [0.05, 0.1) is 29.1 Å². The second-order valence-corrected chi connectivity index (χ2v) is 16.0. The first kappa shape index (κ1) is 37.7. The number of piperidine rings is 2. The molecule has 15 heteroatoms. The Bertz CT molecular complexity index is 2020. The van der Waals surface area contributed by atoms with Crippen LogP contribution in [0, 0.1) is 17.2 Å². The number of hydrogen-bond donors (Lipinski definition) is 3. The summed E-state index contributed by atoms with van der Waals surface area (Å²) in [5, 5.41) is 18.6. The number of amides is 4. The summed E-state index contributed by atoms with van der Waals surface area (Å²) in [6.07, 6.45) is 11.0. The fourth-order valence-corrected chi connectivity index (χ4v) is 8.58. The van der Waals surface area contributed by atoms with E-state index in [1.807, 2.05) is 12.1 Å². The van der Waals surface area contributed by atoms with Gasteiger partial charge in [0.15, 0.2) is 0 Å². The van der Waals surface area contributed by atoms with Gasteiger partial charge in [-0.05, 0) is 100 Å². The van der Waals surface area contributed by atoms with Crippen LogP contribution in [0.2, 0.25) is 5.02 Å². The van der Waals surface area contributed by atoms with Gasteiger partial charge < -0.3 is 29.9 Å². The summed E-state index contributed by atoms with van der Waals surface area (Å²) >= 11 is 6.14. The molecule has 1 atom stereocenters. The van der Waals surface area contributed by atoms with E-state index in [-0.39, 0.29) is 42.4 Å². The number of nitrogens with zero attached hydrogens (tertiary/aromatic N) is 5. The molecule has 3 aromatic rings. The van der Waals surface area contributed by atoms with Crippen LogP contribution in [-0.2, 0) is 16.1 Å². The smallest absolute Gasteiger partial charge is 0.271 e. The number of fused-ring (bicyclic) bond motifs is 1. The first-order chi connectivity index (χ1) is 27.2. The number of carbonyl (C=O) groups is 4. The van der Waals surface area contributed by atoms with Crippen molar-refractivity contribution in [3.05, 3.63) is 76.2 Å². The van der Waals surface area contributed by atoms with Crippen LogP contribution in [0.4, 0.5) is 5.82 Å². The van der Waals surface area contributed by atoms with Crippen molar-refractivity contribution in [2.45, 2.75) is 101 Å². The average molecular weight is 781 g/mol. The number of aromatic nitrogens is 2. The number of nitriles is 1. The highest BCUT2D eigenvalue weighted by atomic mass is 35.5. The number of rotatable bonds is 11. The standard InChI is InChI=1S/C41H45ClN8O6/c42-34-18-31(5-1-25(34)19-43)55-29-7-3-27(4-8-29)47-39(52)35-21-46-37(22-45-35)49-13-11-24(12-14-49)20-44-28-15-32(16-28)56-30-6-2-26-23-50(41(54)33(26)17-30)36-9-10-38(51)48-40(36)53/h1-2,5-6,17-18,21-22,24,27-29,32,36,44H,3-4,7-16,20,23H2,(H,47,52)(H,48,51,53)/t27-,28-,29-,32-,36?. The van der Waals surface area contributed by atoms with Crippen LogP contribution in [0.1, 0.15) is 96.2 Å². The van der Waals surface area contributed by atoms with E-state index in [2.05, 4.69) is 36.9 Å². The van der Waals surface area contributed by atoms with Crippen molar-refractivity contribution >= 4 is 41.0 Å². The van der Waals surface area contributed by atoms with Crippen LogP contribution in [-0.4, -0.2) is 88.5 Å². The summed E-state index contributed by atoms with van der Waals surface area (Å²) in [4.78, 5) is 62.8. The summed E-state index contributed by atoms with van der Waals surface area (Å²) in [6.45, 7) is 3.05. The zero-order valence-electron chi connectivity index (χ0n) is 31.0. The van der Waals surface area contributed by atoms with E-state index in [0.29, 0.717) is 58.3 Å². The fraction of sp³-hybridized carbons (Fsp3) is 0.488. The van der Waals surface area contributed by atoms with Gasteiger partial charge in [-0.2, -0.15) is 5.26 Å². The van der Waals surface area contributed by atoms with E-state index >= 15 is 0 Å². The molecular weight excluding hydrogens is 736 g/mol. The van der Waals surface area contributed by atoms with Gasteiger partial charge in [0.25, 0.3) is 11.8 Å². The molecule has 0 bridgehead atoms. The molecule has 1 aromatic heterocycles. The number of ether oxygens (including phenoxy) is 2. The molecule has 3 N–H and O–H groups in total. The minimum atomic E-state index is -0.627. The van der Waals surface area contributed by atoms with Crippen molar-refractivity contribution in [3.8, 4) is 17.6 Å². The molecule has 0 radical (unpaired) electrons. The monoisotopic (exact) mass is 780 g/mol. The molecule has 4 heterocycles. The molecule has 2 aromatic carbocycles. The van der Waals surface area contributed by atoms with Gasteiger partial charge in [-0.15, -0.1) is 0 Å². The maximum Gasteiger partial charge on any atom is 0.271 e. The predicted molar refractivity (Wildman–Crippen MR) is 205 cm³/mol. The predicted octanol–water partition coefficient (Wildman–Crippen LogP) is 4.30. The van der Waals surface area contributed by atoms with E-state index in [4.69, 9.17) is 26.3 Å². The summed E-state index contributed by atoms with van der Waals surface area (Å²) in [5.74, 6) is 1.52. The first-order valence-electron chi connectivity index (χ1n) is 19.6. The molecule has 2 saturated heterocycles. The first-order valence-corrected chi connectivity index (χ1v) is 20.0. The van der Waals surface area contributed by atoms with E-state index in [1.54, 1.807) is 41.6 Å². The van der Waals surface area contributed by atoms with E-state index in [0.717, 1.165) is 82.4 Å². The summed E-state index contributed by atoms with van der Waals surface area (Å²) in [7, 11) is 0. The summed E-state index contributed by atoms with van der Waals surface area (Å²) < 4.78 is 12.3. The highest BCUT2D eigenvalue weighted by molar-refractivity contribution is 6.31. The molecular formula is C41H45ClN8O6. The lowest BCUT2D eigenvalue weighted by Crippen LogP contribution is -2.52. The maximum absolute atomic E-state index is 13.2. The molecule has 2 saturated carbocycles. The Morgan fingerprint density at radius 1 is 0.911 bits per heavy atom. The highest BCUT2D eigenvalue weighted by Crippen LogP contribution is 2.33. The second-order valence-electron chi connectivity index (χ2n) is 15.5. The molecule has 4 amide bonds. The number of hydrogen-bond acceptors (Lipinski definition) is 11. The molecule has 8 rings (SSSR count). The Labute approximate surface area is 330 Å². The Balaban J connectivity index is 0.713. The van der Waals surface area contributed by atoms with Gasteiger partial charge in [0.1, 0.15) is 41.2 Å². The van der Waals surface area contributed by atoms with Gasteiger partial charge in [-0.1, -0.05) is 17.7 Å². The number of benzene rings is 2. The molecule has 0 spiro atoms. The third kappa shape index (κ3) is 8.44. The third-order valence-corrected chi connectivity index (χ3v) is 12.1. The van der Waals surface area contributed by atoms with Gasteiger partial charge in [0.2, 0.25) is 11.8 Å². The van der Waals surface area contributed by atoms with Gasteiger partial charge >= 0.3 is 0 Å². The molecule has 4 fully saturated rings. The van der Waals surface area contributed by atoms with Crippen molar-refractivity contribution in [1.82, 2.24) is 30.8 Å². The lowest BCUT2D eigenvalue weighted by atomic mass is 9.88. The topological polar surface area (TPSA) is 179 Å². The van der Waals surface area contributed by atoms with Crippen molar-refractivity contribution in [3.63, 3.8) is 0 Å². The Kier molecular flexibility index (Phi) is 11.1. The zero-order chi connectivity index (χ0) is 38.8. The minimum Gasteiger partial charge on any atom is -0.490 e. The molecule has 3 aliphatic heterocycles. The quantitative estimate of drug-likeness (QED) is 0.236. The normalized spacial score (nSPS) is 25.1. The van der Waals surface area contributed by atoms with E-state index in [9.17, 15) is 19.2 Å². The third-order valence-electron chi connectivity index (χ3n) is 11.8. The number of anilines is 1.